The van der Waals surface area contributed by atoms with Crippen LogP contribution < -0.4 is 11.1 Å². The molecule has 0 aromatic heterocycles. The van der Waals surface area contributed by atoms with E-state index >= 15 is 0 Å². The van der Waals surface area contributed by atoms with Crippen molar-refractivity contribution in [2.24, 2.45) is 5.73 Å². The summed E-state index contributed by atoms with van der Waals surface area (Å²) in [5.74, 6) is -0.192. The van der Waals surface area contributed by atoms with Gasteiger partial charge in [-0.3, -0.25) is 4.79 Å². The molecule has 0 heterocycles. The van der Waals surface area contributed by atoms with Gasteiger partial charge in [-0.15, -0.1) is 0 Å². The van der Waals surface area contributed by atoms with Crippen LogP contribution in [0.2, 0.25) is 5.02 Å². The van der Waals surface area contributed by atoms with Crippen LogP contribution in [0.1, 0.15) is 35.7 Å². The number of amides is 1. The van der Waals surface area contributed by atoms with Crippen LogP contribution in [0.3, 0.4) is 0 Å². The molecule has 1 aromatic rings. The molecule has 0 saturated heterocycles. The van der Waals surface area contributed by atoms with E-state index < -0.39 is 0 Å². The monoisotopic (exact) mass is 284 g/mol. The second-order valence-electron chi connectivity index (χ2n) is 4.23. The minimum Gasteiger partial charge on any atom is -0.393 e. The summed E-state index contributed by atoms with van der Waals surface area (Å²) in [6.07, 6.45) is 1.27. The molecule has 0 aliphatic rings. The standard InChI is InChI=1S/C13H17ClN2OS/c1-3-9(7-12(15)18)16-13(17)10-5-4-8(2)6-11(10)14/h4-6,9H,3,7H2,1-2H3,(H2,15,18)(H,16,17). The number of hydrogen-bond acceptors (Lipinski definition) is 2. The maximum Gasteiger partial charge on any atom is 0.253 e. The molecule has 0 aliphatic carbocycles. The van der Waals surface area contributed by atoms with E-state index in [0.717, 1.165) is 12.0 Å². The molecule has 0 saturated carbocycles. The van der Waals surface area contributed by atoms with Crippen molar-refractivity contribution in [2.45, 2.75) is 32.7 Å². The number of nitrogens with two attached hydrogens (primary N) is 1. The molecular weight excluding hydrogens is 268 g/mol. The molecule has 1 unspecified atom stereocenters. The summed E-state index contributed by atoms with van der Waals surface area (Å²) in [5.41, 5.74) is 6.98. The zero-order valence-corrected chi connectivity index (χ0v) is 12.1. The summed E-state index contributed by atoms with van der Waals surface area (Å²) in [4.78, 5) is 12.4. The Morgan fingerprint density at radius 2 is 2.22 bits per heavy atom. The maximum atomic E-state index is 12.0. The Labute approximate surface area is 118 Å². The predicted octanol–water partition coefficient (Wildman–Crippen LogP) is 2.83. The molecule has 5 heteroatoms. The quantitative estimate of drug-likeness (QED) is 0.818. The van der Waals surface area contributed by atoms with Gasteiger partial charge in [0.05, 0.1) is 15.6 Å². The zero-order valence-electron chi connectivity index (χ0n) is 10.5. The number of thiocarbonyl (C=S) groups is 1. The van der Waals surface area contributed by atoms with E-state index in [4.69, 9.17) is 29.6 Å². The first-order valence-corrected chi connectivity index (χ1v) is 6.58. The molecule has 1 rings (SSSR count). The molecular formula is C13H17ClN2OS. The van der Waals surface area contributed by atoms with Crippen molar-refractivity contribution in [3.8, 4) is 0 Å². The van der Waals surface area contributed by atoms with E-state index in [1.165, 1.54) is 0 Å². The van der Waals surface area contributed by atoms with E-state index in [2.05, 4.69) is 5.32 Å². The lowest BCUT2D eigenvalue weighted by atomic mass is 10.1. The molecule has 3 N–H and O–H groups in total. The van der Waals surface area contributed by atoms with E-state index in [-0.39, 0.29) is 11.9 Å². The van der Waals surface area contributed by atoms with Gasteiger partial charge in [-0.2, -0.15) is 0 Å². The Balaban J connectivity index is 2.77. The van der Waals surface area contributed by atoms with Crippen LogP contribution in [0.15, 0.2) is 18.2 Å². The highest BCUT2D eigenvalue weighted by molar-refractivity contribution is 7.80. The summed E-state index contributed by atoms with van der Waals surface area (Å²) < 4.78 is 0. The van der Waals surface area contributed by atoms with Gasteiger partial charge in [-0.05, 0) is 31.0 Å². The van der Waals surface area contributed by atoms with Crippen molar-refractivity contribution in [3.05, 3.63) is 34.3 Å². The average molecular weight is 285 g/mol. The van der Waals surface area contributed by atoms with Gasteiger partial charge in [0.15, 0.2) is 0 Å². The molecule has 0 radical (unpaired) electrons. The van der Waals surface area contributed by atoms with Crippen LogP contribution in [0, 0.1) is 6.92 Å². The van der Waals surface area contributed by atoms with Gasteiger partial charge in [0.2, 0.25) is 0 Å². The molecule has 0 spiro atoms. The van der Waals surface area contributed by atoms with E-state index in [1.54, 1.807) is 12.1 Å². The number of hydrogen-bond donors (Lipinski definition) is 2. The van der Waals surface area contributed by atoms with Gasteiger partial charge in [0.1, 0.15) is 0 Å². The number of benzene rings is 1. The van der Waals surface area contributed by atoms with Gasteiger partial charge >= 0.3 is 0 Å². The Morgan fingerprint density at radius 1 is 1.56 bits per heavy atom. The molecule has 3 nitrogen and oxygen atoms in total. The third-order valence-electron chi connectivity index (χ3n) is 2.64. The first-order valence-electron chi connectivity index (χ1n) is 5.79. The Hall–Kier alpha value is -1.13. The first-order chi connectivity index (χ1) is 8.43. The van der Waals surface area contributed by atoms with Crippen molar-refractivity contribution < 1.29 is 4.79 Å². The topological polar surface area (TPSA) is 55.1 Å². The fraction of sp³-hybridized carbons (Fsp3) is 0.385. The van der Waals surface area contributed by atoms with Crippen molar-refractivity contribution in [1.29, 1.82) is 0 Å². The molecule has 1 atom stereocenters. The smallest absolute Gasteiger partial charge is 0.253 e. The molecule has 0 fully saturated rings. The Kier molecular flexibility index (Phi) is 5.56. The van der Waals surface area contributed by atoms with Crippen molar-refractivity contribution >= 4 is 34.7 Å². The highest BCUT2D eigenvalue weighted by Crippen LogP contribution is 2.17. The summed E-state index contributed by atoms with van der Waals surface area (Å²) in [6, 6.07) is 5.30. The zero-order chi connectivity index (χ0) is 13.7. The van der Waals surface area contributed by atoms with Crippen LogP contribution in [-0.2, 0) is 0 Å². The average Bonchev–Trinajstić information content (AvgIpc) is 2.27. The summed E-state index contributed by atoms with van der Waals surface area (Å²) in [7, 11) is 0. The molecule has 98 valence electrons. The lowest BCUT2D eigenvalue weighted by Gasteiger charge is -2.16. The van der Waals surface area contributed by atoms with Crippen LogP contribution >= 0.6 is 23.8 Å². The second kappa shape index (κ2) is 6.71. The van der Waals surface area contributed by atoms with Crippen molar-refractivity contribution in [1.82, 2.24) is 5.32 Å². The molecule has 0 aliphatic heterocycles. The predicted molar refractivity (Wildman–Crippen MR) is 79.1 cm³/mol. The van der Waals surface area contributed by atoms with Gasteiger partial charge in [0, 0.05) is 12.5 Å². The first kappa shape index (κ1) is 14.9. The Bertz CT molecular complexity index is 462. The number of halogens is 1. The van der Waals surface area contributed by atoms with Crippen LogP contribution in [0.25, 0.3) is 0 Å². The molecule has 1 aromatic carbocycles. The van der Waals surface area contributed by atoms with Gasteiger partial charge in [-0.1, -0.05) is 36.8 Å². The number of nitrogens with one attached hydrogen (secondary N) is 1. The van der Waals surface area contributed by atoms with Crippen molar-refractivity contribution in [2.75, 3.05) is 0 Å². The minimum atomic E-state index is -0.192. The maximum absolute atomic E-state index is 12.0. The van der Waals surface area contributed by atoms with Crippen LogP contribution in [-0.4, -0.2) is 16.9 Å². The van der Waals surface area contributed by atoms with Gasteiger partial charge in [0.25, 0.3) is 5.91 Å². The van der Waals surface area contributed by atoms with E-state index in [0.29, 0.717) is 22.0 Å². The SMILES string of the molecule is CCC(CC(N)=S)NC(=O)c1ccc(C)cc1Cl. The molecule has 1 amide bonds. The molecule has 0 bridgehead atoms. The third kappa shape index (κ3) is 4.27. The largest absolute Gasteiger partial charge is 0.393 e. The summed E-state index contributed by atoms with van der Waals surface area (Å²) >= 11 is 10.9. The normalized spacial score (nSPS) is 11.9. The lowest BCUT2D eigenvalue weighted by Crippen LogP contribution is -2.37. The number of carbonyl (C=O) groups is 1. The van der Waals surface area contributed by atoms with Gasteiger partial charge < -0.3 is 11.1 Å². The van der Waals surface area contributed by atoms with Gasteiger partial charge in [-0.25, -0.2) is 0 Å². The minimum absolute atomic E-state index is 0.0487. The lowest BCUT2D eigenvalue weighted by molar-refractivity contribution is 0.0937. The van der Waals surface area contributed by atoms with Crippen molar-refractivity contribution in [3.63, 3.8) is 0 Å². The number of aryl methyl sites for hydroxylation is 1. The highest BCUT2D eigenvalue weighted by atomic mass is 35.5. The van der Waals surface area contributed by atoms with E-state index in [1.807, 2.05) is 19.9 Å². The number of carbonyl (C=O) groups excluding carboxylic acids is 1. The van der Waals surface area contributed by atoms with Crippen LogP contribution in [0.5, 0.6) is 0 Å². The summed E-state index contributed by atoms with van der Waals surface area (Å²) in [5, 5.41) is 3.34. The highest BCUT2D eigenvalue weighted by Gasteiger charge is 2.15. The van der Waals surface area contributed by atoms with E-state index in [9.17, 15) is 4.79 Å². The fourth-order valence-electron chi connectivity index (χ4n) is 1.61. The Morgan fingerprint density at radius 3 is 2.72 bits per heavy atom. The number of rotatable bonds is 5. The van der Waals surface area contributed by atoms with Crippen LogP contribution in [0.4, 0.5) is 0 Å². The fourth-order valence-corrected chi connectivity index (χ4v) is 2.13. The second-order valence-corrected chi connectivity index (χ2v) is 5.16. The molecule has 18 heavy (non-hydrogen) atoms. The summed E-state index contributed by atoms with van der Waals surface area (Å²) in [6.45, 7) is 3.90. The third-order valence-corrected chi connectivity index (χ3v) is 3.12.